The number of carbonyl (C=O) groups is 1. The summed E-state index contributed by atoms with van der Waals surface area (Å²) in [4.78, 5) is 13.9. The monoisotopic (exact) mass is 257 g/mol. The number of hydrogen-bond donors (Lipinski definition) is 0. The van der Waals surface area contributed by atoms with Gasteiger partial charge in [0.15, 0.2) is 5.79 Å². The molecule has 2 aliphatic heterocycles. The molecule has 0 radical (unpaired) electrons. The summed E-state index contributed by atoms with van der Waals surface area (Å²) >= 11 is 0. The van der Waals surface area contributed by atoms with Crippen molar-refractivity contribution in [1.29, 1.82) is 0 Å². The second-order valence-corrected chi connectivity index (χ2v) is 5.10. The summed E-state index contributed by atoms with van der Waals surface area (Å²) in [6, 6.07) is 0. The maximum absolute atomic E-state index is 11.6. The number of likely N-dealkylation sites (tertiary alicyclic amines) is 1. The van der Waals surface area contributed by atoms with E-state index in [9.17, 15) is 4.79 Å². The lowest BCUT2D eigenvalue weighted by atomic mass is 10.0. The zero-order valence-electron chi connectivity index (χ0n) is 11.3. The fourth-order valence-corrected chi connectivity index (χ4v) is 2.71. The Morgan fingerprint density at radius 2 is 2.17 bits per heavy atom. The molecule has 5 nitrogen and oxygen atoms in total. The third kappa shape index (κ3) is 3.22. The van der Waals surface area contributed by atoms with Crippen molar-refractivity contribution in [2.45, 2.75) is 32.5 Å². The third-order valence-corrected chi connectivity index (χ3v) is 3.53. The molecule has 2 fully saturated rings. The number of ether oxygens (including phenoxy) is 3. The molecule has 1 unspecified atom stereocenters. The van der Waals surface area contributed by atoms with Crippen LogP contribution in [-0.2, 0) is 19.0 Å². The van der Waals surface area contributed by atoms with Crippen LogP contribution in [0.15, 0.2) is 0 Å². The maximum atomic E-state index is 11.6. The summed E-state index contributed by atoms with van der Waals surface area (Å²) in [5.41, 5.74) is 0. The zero-order valence-corrected chi connectivity index (χ0v) is 11.3. The molecule has 0 amide bonds. The predicted molar refractivity (Wildman–Crippen MR) is 66.1 cm³/mol. The van der Waals surface area contributed by atoms with Gasteiger partial charge in [0.1, 0.15) is 0 Å². The summed E-state index contributed by atoms with van der Waals surface area (Å²) in [6.07, 6.45) is 2.01. The molecule has 0 bridgehead atoms. The molecule has 1 spiro atoms. The SMILES string of the molecule is CCOC(=O)C(C)CN1CCCC2(C1)OCCO2. The highest BCUT2D eigenvalue weighted by molar-refractivity contribution is 5.72. The van der Waals surface area contributed by atoms with Crippen LogP contribution in [0.3, 0.4) is 0 Å². The van der Waals surface area contributed by atoms with Gasteiger partial charge in [-0.15, -0.1) is 0 Å². The summed E-state index contributed by atoms with van der Waals surface area (Å²) in [5, 5.41) is 0. The lowest BCUT2D eigenvalue weighted by Crippen LogP contribution is -2.50. The Labute approximate surface area is 108 Å². The van der Waals surface area contributed by atoms with Gasteiger partial charge in [0.25, 0.3) is 0 Å². The first kappa shape index (κ1) is 13.8. The van der Waals surface area contributed by atoms with Crippen LogP contribution in [0.2, 0.25) is 0 Å². The van der Waals surface area contributed by atoms with Gasteiger partial charge in [-0.2, -0.15) is 0 Å². The lowest BCUT2D eigenvalue weighted by molar-refractivity contribution is -0.191. The molecule has 2 aliphatic rings. The highest BCUT2D eigenvalue weighted by Crippen LogP contribution is 2.30. The Morgan fingerprint density at radius 3 is 2.83 bits per heavy atom. The lowest BCUT2D eigenvalue weighted by Gasteiger charge is -2.39. The highest BCUT2D eigenvalue weighted by atomic mass is 16.7. The van der Waals surface area contributed by atoms with Gasteiger partial charge in [-0.1, -0.05) is 6.92 Å². The fraction of sp³-hybridized carbons (Fsp3) is 0.923. The molecule has 0 saturated carbocycles. The molecule has 2 heterocycles. The zero-order chi connectivity index (χ0) is 13.0. The molecular weight excluding hydrogens is 234 g/mol. The summed E-state index contributed by atoms with van der Waals surface area (Å²) < 4.78 is 16.5. The Kier molecular flexibility index (Phi) is 4.59. The van der Waals surface area contributed by atoms with Crippen molar-refractivity contribution in [3.05, 3.63) is 0 Å². The standard InChI is InChI=1S/C13H23NO4/c1-3-16-12(15)11(2)9-14-6-4-5-13(10-14)17-7-8-18-13/h11H,3-10H2,1-2H3. The Bertz CT molecular complexity index is 289. The van der Waals surface area contributed by atoms with Crippen molar-refractivity contribution in [2.75, 3.05) is 39.5 Å². The molecule has 18 heavy (non-hydrogen) atoms. The first-order valence-electron chi connectivity index (χ1n) is 6.82. The Balaban J connectivity index is 1.84. The van der Waals surface area contributed by atoms with Gasteiger partial charge in [0.05, 0.1) is 32.3 Å². The van der Waals surface area contributed by atoms with E-state index in [4.69, 9.17) is 14.2 Å². The predicted octanol–water partition coefficient (Wildman–Crippen LogP) is 1.02. The van der Waals surface area contributed by atoms with Crippen molar-refractivity contribution >= 4 is 5.97 Å². The van der Waals surface area contributed by atoms with Gasteiger partial charge in [-0.05, 0) is 19.9 Å². The maximum Gasteiger partial charge on any atom is 0.309 e. The quantitative estimate of drug-likeness (QED) is 0.704. The van der Waals surface area contributed by atoms with E-state index in [2.05, 4.69) is 4.90 Å². The van der Waals surface area contributed by atoms with Crippen molar-refractivity contribution in [2.24, 2.45) is 5.92 Å². The van der Waals surface area contributed by atoms with Gasteiger partial charge in [-0.3, -0.25) is 9.69 Å². The van der Waals surface area contributed by atoms with Gasteiger partial charge < -0.3 is 14.2 Å². The number of nitrogens with zero attached hydrogens (tertiary/aromatic N) is 1. The van der Waals surface area contributed by atoms with E-state index in [1.807, 2.05) is 13.8 Å². The van der Waals surface area contributed by atoms with E-state index in [0.29, 0.717) is 26.4 Å². The second kappa shape index (κ2) is 5.99. The van der Waals surface area contributed by atoms with Crippen molar-refractivity contribution in [1.82, 2.24) is 4.90 Å². The number of carbonyl (C=O) groups excluding carboxylic acids is 1. The minimum absolute atomic E-state index is 0.0958. The molecule has 2 saturated heterocycles. The van der Waals surface area contributed by atoms with E-state index in [0.717, 1.165) is 25.9 Å². The molecule has 104 valence electrons. The highest BCUT2D eigenvalue weighted by Gasteiger charge is 2.41. The van der Waals surface area contributed by atoms with E-state index in [1.54, 1.807) is 0 Å². The Morgan fingerprint density at radius 1 is 1.44 bits per heavy atom. The molecular formula is C13H23NO4. The summed E-state index contributed by atoms with van der Waals surface area (Å²) in [6.45, 7) is 8.03. The van der Waals surface area contributed by atoms with Crippen molar-refractivity contribution in [3.8, 4) is 0 Å². The van der Waals surface area contributed by atoms with Crippen LogP contribution in [-0.4, -0.2) is 56.1 Å². The molecule has 1 atom stereocenters. The second-order valence-electron chi connectivity index (χ2n) is 5.10. The van der Waals surface area contributed by atoms with E-state index in [1.165, 1.54) is 0 Å². The van der Waals surface area contributed by atoms with E-state index >= 15 is 0 Å². The topological polar surface area (TPSA) is 48.0 Å². The first-order valence-corrected chi connectivity index (χ1v) is 6.82. The average molecular weight is 257 g/mol. The van der Waals surface area contributed by atoms with E-state index < -0.39 is 5.79 Å². The largest absolute Gasteiger partial charge is 0.466 e. The van der Waals surface area contributed by atoms with Crippen LogP contribution in [0.5, 0.6) is 0 Å². The van der Waals surface area contributed by atoms with Gasteiger partial charge in [-0.25, -0.2) is 0 Å². The average Bonchev–Trinajstić information content (AvgIpc) is 2.77. The molecule has 2 rings (SSSR count). The number of esters is 1. The smallest absolute Gasteiger partial charge is 0.309 e. The van der Waals surface area contributed by atoms with Crippen LogP contribution in [0.1, 0.15) is 26.7 Å². The van der Waals surface area contributed by atoms with Gasteiger partial charge in [0, 0.05) is 13.0 Å². The molecule has 0 aromatic rings. The van der Waals surface area contributed by atoms with E-state index in [-0.39, 0.29) is 11.9 Å². The van der Waals surface area contributed by atoms with Crippen molar-refractivity contribution in [3.63, 3.8) is 0 Å². The van der Waals surface area contributed by atoms with Crippen LogP contribution < -0.4 is 0 Å². The number of hydrogen-bond acceptors (Lipinski definition) is 5. The van der Waals surface area contributed by atoms with Gasteiger partial charge >= 0.3 is 5.97 Å². The third-order valence-electron chi connectivity index (χ3n) is 3.53. The molecule has 5 heteroatoms. The Hall–Kier alpha value is -0.650. The number of piperidine rings is 1. The summed E-state index contributed by atoms with van der Waals surface area (Å²) in [5.74, 6) is -0.626. The fourth-order valence-electron chi connectivity index (χ4n) is 2.71. The van der Waals surface area contributed by atoms with Crippen LogP contribution in [0, 0.1) is 5.92 Å². The van der Waals surface area contributed by atoms with Crippen LogP contribution in [0.4, 0.5) is 0 Å². The molecule has 0 N–H and O–H groups in total. The minimum Gasteiger partial charge on any atom is -0.466 e. The van der Waals surface area contributed by atoms with Gasteiger partial charge in [0.2, 0.25) is 0 Å². The molecule has 0 aliphatic carbocycles. The van der Waals surface area contributed by atoms with Crippen LogP contribution in [0.25, 0.3) is 0 Å². The summed E-state index contributed by atoms with van der Waals surface area (Å²) in [7, 11) is 0. The van der Waals surface area contributed by atoms with Crippen molar-refractivity contribution < 1.29 is 19.0 Å². The minimum atomic E-state index is -0.410. The first-order chi connectivity index (χ1) is 8.65. The van der Waals surface area contributed by atoms with Crippen LogP contribution >= 0.6 is 0 Å². The molecule has 0 aromatic heterocycles. The number of rotatable bonds is 4. The molecule has 0 aromatic carbocycles. The normalized spacial score (nSPS) is 25.2.